The Balaban J connectivity index is 1.61. The number of H-pyrrole nitrogens is 1. The molecule has 1 aromatic carbocycles. The van der Waals surface area contributed by atoms with Gasteiger partial charge in [0.25, 0.3) is 0 Å². The molecule has 128 valence electrons. The lowest BCUT2D eigenvalue weighted by Gasteiger charge is -2.14. The van der Waals surface area contributed by atoms with Crippen molar-refractivity contribution in [1.29, 1.82) is 0 Å². The van der Waals surface area contributed by atoms with Gasteiger partial charge in [0.2, 0.25) is 0 Å². The van der Waals surface area contributed by atoms with Gasteiger partial charge in [0, 0.05) is 41.8 Å². The Hall–Kier alpha value is -2.27. The summed E-state index contributed by atoms with van der Waals surface area (Å²) in [4.78, 5) is 12.2. The van der Waals surface area contributed by atoms with E-state index in [9.17, 15) is 8.78 Å². The van der Waals surface area contributed by atoms with Crippen LogP contribution in [0.4, 0.5) is 8.78 Å². The quantitative estimate of drug-likeness (QED) is 0.712. The Kier molecular flexibility index (Phi) is 4.25. The fourth-order valence-electron chi connectivity index (χ4n) is 3.33. The molecule has 0 radical (unpaired) electrons. The molecule has 0 saturated heterocycles. The summed E-state index contributed by atoms with van der Waals surface area (Å²) < 4.78 is 27.1. The average molecular weight is 360 g/mol. The number of halogens is 3. The molecule has 1 aliphatic rings. The van der Waals surface area contributed by atoms with Gasteiger partial charge in [0.1, 0.15) is 0 Å². The number of hydrogen-bond acceptors (Lipinski definition) is 2. The van der Waals surface area contributed by atoms with Crippen molar-refractivity contribution in [2.24, 2.45) is 4.99 Å². The first kappa shape index (κ1) is 16.2. The maximum atomic E-state index is 13.6. The van der Waals surface area contributed by atoms with Gasteiger partial charge in [-0.1, -0.05) is 11.6 Å². The second-order valence-corrected chi connectivity index (χ2v) is 6.63. The van der Waals surface area contributed by atoms with E-state index in [0.29, 0.717) is 17.1 Å². The van der Waals surface area contributed by atoms with Crippen LogP contribution in [0.5, 0.6) is 0 Å². The number of fused-ring (bicyclic) bond motifs is 3. The normalized spacial score (nSPS) is 15.7. The lowest BCUT2D eigenvalue weighted by molar-refractivity contribution is 0.511. The van der Waals surface area contributed by atoms with Crippen LogP contribution in [0.25, 0.3) is 10.9 Å². The maximum absolute atomic E-state index is 13.6. The van der Waals surface area contributed by atoms with Gasteiger partial charge < -0.3 is 4.98 Å². The first-order chi connectivity index (χ1) is 12.1. The van der Waals surface area contributed by atoms with Crippen LogP contribution in [0.2, 0.25) is 5.02 Å². The smallest absolute Gasteiger partial charge is 0.160 e. The number of aryl methyl sites for hydroxylation is 1. The average Bonchev–Trinajstić information content (AvgIpc) is 2.95. The van der Waals surface area contributed by atoms with E-state index in [2.05, 4.69) is 9.97 Å². The minimum absolute atomic E-state index is 0.613. The minimum Gasteiger partial charge on any atom is -0.353 e. The van der Waals surface area contributed by atoms with Crippen molar-refractivity contribution in [3.05, 3.63) is 64.1 Å². The third-order valence-corrected chi connectivity index (χ3v) is 4.76. The number of rotatable bonds is 3. The van der Waals surface area contributed by atoms with Crippen LogP contribution in [0.1, 0.15) is 29.8 Å². The summed E-state index contributed by atoms with van der Waals surface area (Å²) in [7, 11) is 0. The predicted molar refractivity (Wildman–Crippen MR) is 95.5 cm³/mol. The standard InChI is InChI=1S/C19H16ClF2N3/c20-11-4-5-12(24-10-11)6-7-23-17-3-1-2-13-14-8-15(21)16(22)9-18(14)25-19(13)17/h4-5,8-10,25H,1-3,6-7H2/b23-17+. The lowest BCUT2D eigenvalue weighted by atomic mass is 9.94. The van der Waals surface area contributed by atoms with Crippen molar-refractivity contribution < 1.29 is 8.78 Å². The second-order valence-electron chi connectivity index (χ2n) is 6.19. The van der Waals surface area contributed by atoms with Crippen LogP contribution in [0, 0.1) is 11.6 Å². The minimum atomic E-state index is -0.835. The van der Waals surface area contributed by atoms with E-state index in [-0.39, 0.29) is 0 Å². The van der Waals surface area contributed by atoms with E-state index in [0.717, 1.165) is 53.7 Å². The van der Waals surface area contributed by atoms with Crippen molar-refractivity contribution in [3.8, 4) is 0 Å². The number of aromatic amines is 1. The highest BCUT2D eigenvalue weighted by molar-refractivity contribution is 6.30. The number of aromatic nitrogens is 2. The molecular weight excluding hydrogens is 344 g/mol. The van der Waals surface area contributed by atoms with Crippen molar-refractivity contribution in [2.45, 2.75) is 25.7 Å². The molecule has 3 nitrogen and oxygen atoms in total. The first-order valence-corrected chi connectivity index (χ1v) is 8.63. The first-order valence-electron chi connectivity index (χ1n) is 8.25. The van der Waals surface area contributed by atoms with Crippen molar-refractivity contribution in [2.75, 3.05) is 6.54 Å². The molecule has 0 bridgehead atoms. The van der Waals surface area contributed by atoms with Gasteiger partial charge in [-0.25, -0.2) is 8.78 Å². The number of nitrogens with one attached hydrogen (secondary N) is 1. The Morgan fingerprint density at radius 2 is 2.00 bits per heavy atom. The van der Waals surface area contributed by atoms with E-state index in [1.54, 1.807) is 6.20 Å². The van der Waals surface area contributed by atoms with Crippen LogP contribution >= 0.6 is 11.6 Å². The molecule has 0 atom stereocenters. The number of benzene rings is 1. The zero-order chi connectivity index (χ0) is 17.4. The molecule has 0 spiro atoms. The Labute approximate surface area is 148 Å². The Bertz CT molecular complexity index is 961. The number of aliphatic imine (C=N–C) groups is 1. The van der Waals surface area contributed by atoms with Crippen molar-refractivity contribution >= 4 is 28.2 Å². The molecule has 0 saturated carbocycles. The van der Waals surface area contributed by atoms with Gasteiger partial charge >= 0.3 is 0 Å². The molecule has 0 unspecified atom stereocenters. The highest BCUT2D eigenvalue weighted by Gasteiger charge is 2.21. The van der Waals surface area contributed by atoms with E-state index in [4.69, 9.17) is 16.6 Å². The maximum Gasteiger partial charge on any atom is 0.160 e. The van der Waals surface area contributed by atoms with Crippen LogP contribution in [0.3, 0.4) is 0 Å². The number of hydrogen-bond donors (Lipinski definition) is 1. The third kappa shape index (κ3) is 3.16. The van der Waals surface area contributed by atoms with Gasteiger partial charge in [0.05, 0.1) is 16.4 Å². The van der Waals surface area contributed by atoms with Gasteiger partial charge in [-0.3, -0.25) is 9.98 Å². The summed E-state index contributed by atoms with van der Waals surface area (Å²) >= 11 is 5.84. The summed E-state index contributed by atoms with van der Waals surface area (Å²) in [5, 5.41) is 1.37. The fourth-order valence-corrected chi connectivity index (χ4v) is 3.44. The van der Waals surface area contributed by atoms with Crippen LogP contribution in [-0.2, 0) is 12.8 Å². The van der Waals surface area contributed by atoms with E-state index >= 15 is 0 Å². The molecule has 6 heteroatoms. The van der Waals surface area contributed by atoms with Crippen molar-refractivity contribution in [1.82, 2.24) is 9.97 Å². The zero-order valence-electron chi connectivity index (χ0n) is 13.5. The molecule has 0 aliphatic heterocycles. The zero-order valence-corrected chi connectivity index (χ0v) is 14.2. The second kappa shape index (κ2) is 6.56. The third-order valence-electron chi connectivity index (χ3n) is 4.54. The molecule has 1 aliphatic carbocycles. The monoisotopic (exact) mass is 359 g/mol. The molecule has 2 aromatic heterocycles. The molecule has 0 amide bonds. The van der Waals surface area contributed by atoms with Gasteiger partial charge in [0.15, 0.2) is 11.6 Å². The highest BCUT2D eigenvalue weighted by atomic mass is 35.5. The SMILES string of the molecule is Fc1cc2[nH]c3c(c2cc1F)CCC/C3=N\CCc1ccc(Cl)cn1. The lowest BCUT2D eigenvalue weighted by Crippen LogP contribution is -2.12. The molecule has 2 heterocycles. The molecule has 1 N–H and O–H groups in total. The van der Waals surface area contributed by atoms with E-state index in [1.807, 2.05) is 12.1 Å². The summed E-state index contributed by atoms with van der Waals surface area (Å²) in [6.45, 7) is 0.613. The molecule has 3 aromatic rings. The summed E-state index contributed by atoms with van der Waals surface area (Å²) in [6, 6.07) is 6.21. The van der Waals surface area contributed by atoms with E-state index < -0.39 is 11.6 Å². The van der Waals surface area contributed by atoms with Crippen LogP contribution < -0.4 is 0 Å². The van der Waals surface area contributed by atoms with Crippen LogP contribution in [-0.4, -0.2) is 22.2 Å². The summed E-state index contributed by atoms with van der Waals surface area (Å²) in [5.41, 5.74) is 4.47. The van der Waals surface area contributed by atoms with Gasteiger partial charge in [-0.2, -0.15) is 0 Å². The number of pyridine rings is 1. The largest absolute Gasteiger partial charge is 0.353 e. The fraction of sp³-hybridized carbons (Fsp3) is 0.263. The molecule has 25 heavy (non-hydrogen) atoms. The van der Waals surface area contributed by atoms with Crippen molar-refractivity contribution in [3.63, 3.8) is 0 Å². The predicted octanol–water partition coefficient (Wildman–Crippen LogP) is 4.86. The topological polar surface area (TPSA) is 41.0 Å². The Morgan fingerprint density at radius 3 is 2.80 bits per heavy atom. The van der Waals surface area contributed by atoms with Gasteiger partial charge in [-0.05, 0) is 43.0 Å². The van der Waals surface area contributed by atoms with E-state index in [1.165, 1.54) is 12.1 Å². The number of nitrogens with zero attached hydrogens (tertiary/aromatic N) is 2. The Morgan fingerprint density at radius 1 is 1.16 bits per heavy atom. The summed E-state index contributed by atoms with van der Waals surface area (Å²) in [5.74, 6) is -1.65. The highest BCUT2D eigenvalue weighted by Crippen LogP contribution is 2.30. The molecular formula is C19H16ClF2N3. The summed E-state index contributed by atoms with van der Waals surface area (Å²) in [6.07, 6.45) is 5.01. The molecule has 4 rings (SSSR count). The van der Waals surface area contributed by atoms with Gasteiger partial charge in [-0.15, -0.1) is 0 Å². The molecule has 0 fully saturated rings. The van der Waals surface area contributed by atoms with Crippen LogP contribution in [0.15, 0.2) is 35.5 Å².